The summed E-state index contributed by atoms with van der Waals surface area (Å²) in [6, 6.07) is 7.71. The molecule has 0 fully saturated rings. The third kappa shape index (κ3) is 3.61. The molecule has 1 amide bonds. The number of benzene rings is 2. The first kappa shape index (κ1) is 16.4. The van der Waals surface area contributed by atoms with Crippen LogP contribution in [-0.2, 0) is 0 Å². The Balaban J connectivity index is 2.33. The number of amides is 1. The number of halogens is 1. The Hall–Kier alpha value is -3.00. The summed E-state index contributed by atoms with van der Waals surface area (Å²) in [5.41, 5.74) is 0.152. The van der Waals surface area contributed by atoms with Gasteiger partial charge in [-0.3, -0.25) is 25.0 Å². The van der Waals surface area contributed by atoms with Crippen molar-refractivity contribution in [3.63, 3.8) is 0 Å². The summed E-state index contributed by atoms with van der Waals surface area (Å²) >= 11 is 5.86. The molecule has 0 aliphatic rings. The van der Waals surface area contributed by atoms with Gasteiger partial charge in [-0.15, -0.1) is 0 Å². The Morgan fingerprint density at radius 3 is 2.35 bits per heavy atom. The lowest BCUT2D eigenvalue weighted by Crippen LogP contribution is -2.14. The number of hydrogen-bond donors (Lipinski definition) is 1. The van der Waals surface area contributed by atoms with Crippen LogP contribution in [0.25, 0.3) is 0 Å². The Labute approximate surface area is 135 Å². The van der Waals surface area contributed by atoms with Crippen LogP contribution < -0.4 is 5.32 Å². The lowest BCUT2D eigenvalue weighted by molar-refractivity contribution is -0.384. The second-order valence-electron chi connectivity index (χ2n) is 4.65. The number of nitrogens with one attached hydrogen (secondary N) is 1. The Kier molecular flexibility index (Phi) is 4.56. The van der Waals surface area contributed by atoms with E-state index >= 15 is 0 Å². The predicted molar refractivity (Wildman–Crippen MR) is 83.9 cm³/mol. The molecule has 0 radical (unpaired) electrons. The molecule has 9 heteroatoms. The van der Waals surface area contributed by atoms with E-state index in [2.05, 4.69) is 5.32 Å². The SMILES string of the molecule is Cc1ccc(NC(=O)c2ccc([N+](=O)[O-])cc2Cl)c([N+](=O)[O-])c1. The predicted octanol–water partition coefficient (Wildman–Crippen LogP) is 3.72. The number of nitro groups is 2. The van der Waals surface area contributed by atoms with E-state index in [-0.39, 0.29) is 27.6 Å². The van der Waals surface area contributed by atoms with Gasteiger partial charge in [0.1, 0.15) is 5.69 Å². The Bertz CT molecular complexity index is 822. The number of rotatable bonds is 4. The van der Waals surface area contributed by atoms with Crippen LogP contribution in [-0.4, -0.2) is 15.8 Å². The van der Waals surface area contributed by atoms with Gasteiger partial charge >= 0.3 is 0 Å². The average Bonchev–Trinajstić information content (AvgIpc) is 2.48. The van der Waals surface area contributed by atoms with E-state index in [4.69, 9.17) is 11.6 Å². The number of non-ortho nitro benzene ring substituents is 1. The van der Waals surface area contributed by atoms with Crippen LogP contribution in [0.5, 0.6) is 0 Å². The summed E-state index contributed by atoms with van der Waals surface area (Å²) in [4.78, 5) is 32.6. The smallest absolute Gasteiger partial charge is 0.293 e. The summed E-state index contributed by atoms with van der Waals surface area (Å²) in [6.45, 7) is 1.69. The Morgan fingerprint density at radius 2 is 1.78 bits per heavy atom. The van der Waals surface area contributed by atoms with Gasteiger partial charge in [0.2, 0.25) is 0 Å². The Morgan fingerprint density at radius 1 is 1.09 bits per heavy atom. The molecular formula is C14H10ClN3O5. The highest BCUT2D eigenvalue weighted by Crippen LogP contribution is 2.28. The third-order valence-corrected chi connectivity index (χ3v) is 3.32. The molecule has 0 unspecified atom stereocenters. The van der Waals surface area contributed by atoms with E-state index in [0.29, 0.717) is 5.56 Å². The van der Waals surface area contributed by atoms with Crippen molar-refractivity contribution >= 4 is 34.6 Å². The maximum atomic E-state index is 12.2. The van der Waals surface area contributed by atoms with Crippen molar-refractivity contribution in [2.24, 2.45) is 0 Å². The molecule has 2 rings (SSSR count). The zero-order valence-electron chi connectivity index (χ0n) is 11.8. The molecule has 0 spiro atoms. The lowest BCUT2D eigenvalue weighted by Gasteiger charge is -2.08. The van der Waals surface area contributed by atoms with Crippen molar-refractivity contribution in [1.82, 2.24) is 0 Å². The van der Waals surface area contributed by atoms with E-state index in [1.165, 1.54) is 18.2 Å². The molecule has 0 bridgehead atoms. The highest BCUT2D eigenvalue weighted by Gasteiger charge is 2.19. The van der Waals surface area contributed by atoms with Gasteiger partial charge in [0.05, 0.1) is 20.4 Å². The number of carbonyl (C=O) groups is 1. The van der Waals surface area contributed by atoms with E-state index in [1.807, 2.05) is 0 Å². The molecule has 8 nitrogen and oxygen atoms in total. The van der Waals surface area contributed by atoms with Crippen LogP contribution in [0.2, 0.25) is 5.02 Å². The summed E-state index contributed by atoms with van der Waals surface area (Å²) in [5, 5.41) is 24.0. The molecular weight excluding hydrogens is 326 g/mol. The summed E-state index contributed by atoms with van der Waals surface area (Å²) in [7, 11) is 0. The standard InChI is InChI=1S/C14H10ClN3O5/c1-8-2-5-12(13(6-8)18(22)23)16-14(19)10-4-3-9(17(20)21)7-11(10)15/h2-7H,1H3,(H,16,19). The van der Waals surface area contributed by atoms with E-state index in [1.54, 1.807) is 13.0 Å². The fourth-order valence-electron chi connectivity index (χ4n) is 1.89. The van der Waals surface area contributed by atoms with Crippen molar-refractivity contribution in [3.05, 3.63) is 72.8 Å². The van der Waals surface area contributed by atoms with Crippen molar-refractivity contribution in [1.29, 1.82) is 0 Å². The first-order valence-corrected chi connectivity index (χ1v) is 6.67. The fraction of sp³-hybridized carbons (Fsp3) is 0.0714. The van der Waals surface area contributed by atoms with Gasteiger partial charge in [-0.2, -0.15) is 0 Å². The van der Waals surface area contributed by atoms with Gasteiger partial charge < -0.3 is 5.32 Å². The van der Waals surface area contributed by atoms with Crippen LogP contribution >= 0.6 is 11.6 Å². The van der Waals surface area contributed by atoms with Crippen molar-refractivity contribution in [3.8, 4) is 0 Å². The van der Waals surface area contributed by atoms with Crippen LogP contribution in [0, 0.1) is 27.2 Å². The zero-order chi connectivity index (χ0) is 17.1. The monoisotopic (exact) mass is 335 g/mol. The molecule has 0 aromatic heterocycles. The average molecular weight is 336 g/mol. The second-order valence-corrected chi connectivity index (χ2v) is 5.06. The first-order valence-electron chi connectivity index (χ1n) is 6.30. The highest BCUT2D eigenvalue weighted by atomic mass is 35.5. The maximum absolute atomic E-state index is 12.2. The summed E-state index contributed by atoms with van der Waals surface area (Å²) in [5.74, 6) is -0.697. The quantitative estimate of drug-likeness (QED) is 0.675. The van der Waals surface area contributed by atoms with Crippen LogP contribution in [0.3, 0.4) is 0 Å². The summed E-state index contributed by atoms with van der Waals surface area (Å²) < 4.78 is 0. The number of nitrogens with zero attached hydrogens (tertiary/aromatic N) is 2. The molecule has 0 aliphatic heterocycles. The van der Waals surface area contributed by atoms with E-state index < -0.39 is 15.8 Å². The topological polar surface area (TPSA) is 115 Å². The first-order chi connectivity index (χ1) is 10.8. The lowest BCUT2D eigenvalue weighted by atomic mass is 10.1. The number of aryl methyl sites for hydroxylation is 1. The van der Waals surface area contributed by atoms with Gasteiger partial charge in [-0.25, -0.2) is 0 Å². The van der Waals surface area contributed by atoms with Crippen molar-refractivity contribution in [2.75, 3.05) is 5.32 Å². The number of carbonyl (C=O) groups excluding carboxylic acids is 1. The highest BCUT2D eigenvalue weighted by molar-refractivity contribution is 6.34. The molecule has 23 heavy (non-hydrogen) atoms. The number of anilines is 1. The van der Waals surface area contributed by atoms with Gasteiger partial charge in [-0.1, -0.05) is 17.7 Å². The third-order valence-electron chi connectivity index (χ3n) is 3.01. The molecule has 0 atom stereocenters. The summed E-state index contributed by atoms with van der Waals surface area (Å²) in [6.07, 6.45) is 0. The van der Waals surface area contributed by atoms with Gasteiger partial charge in [0.25, 0.3) is 17.3 Å². The van der Waals surface area contributed by atoms with Gasteiger partial charge in [0.15, 0.2) is 0 Å². The molecule has 0 aliphatic carbocycles. The largest absolute Gasteiger partial charge is 0.316 e. The minimum Gasteiger partial charge on any atom is -0.316 e. The minimum absolute atomic E-state index is 0.0139. The van der Waals surface area contributed by atoms with Crippen LogP contribution in [0.1, 0.15) is 15.9 Å². The second kappa shape index (κ2) is 6.41. The fourth-order valence-corrected chi connectivity index (χ4v) is 2.15. The molecule has 2 aromatic rings. The van der Waals surface area contributed by atoms with Crippen LogP contribution in [0.15, 0.2) is 36.4 Å². The minimum atomic E-state index is -0.697. The molecule has 118 valence electrons. The van der Waals surface area contributed by atoms with E-state index in [9.17, 15) is 25.0 Å². The molecule has 0 saturated carbocycles. The maximum Gasteiger partial charge on any atom is 0.293 e. The normalized spacial score (nSPS) is 10.2. The van der Waals surface area contributed by atoms with Gasteiger partial charge in [0, 0.05) is 18.2 Å². The van der Waals surface area contributed by atoms with Crippen molar-refractivity contribution < 1.29 is 14.6 Å². The van der Waals surface area contributed by atoms with Crippen molar-refractivity contribution in [2.45, 2.75) is 6.92 Å². The van der Waals surface area contributed by atoms with E-state index in [0.717, 1.165) is 12.1 Å². The molecule has 2 aromatic carbocycles. The van der Waals surface area contributed by atoms with Crippen LogP contribution in [0.4, 0.5) is 17.1 Å². The molecule has 1 N–H and O–H groups in total. The molecule has 0 saturated heterocycles. The molecule has 0 heterocycles. The zero-order valence-corrected chi connectivity index (χ0v) is 12.5. The van der Waals surface area contributed by atoms with Gasteiger partial charge in [-0.05, 0) is 24.6 Å². The number of nitro benzene ring substituents is 2. The number of hydrogen-bond acceptors (Lipinski definition) is 5.